The molecule has 1 aromatic rings. The Kier molecular flexibility index (Phi) is 2.95. The SMILES string of the molecule is CCc1nn(C)cc1N1CCCC(N)C1. The zero-order valence-corrected chi connectivity index (χ0v) is 9.61. The van der Waals surface area contributed by atoms with Gasteiger partial charge >= 0.3 is 0 Å². The molecule has 1 unspecified atom stereocenters. The van der Waals surface area contributed by atoms with Crippen molar-refractivity contribution in [3.05, 3.63) is 11.9 Å². The van der Waals surface area contributed by atoms with Crippen LogP contribution in [0.1, 0.15) is 25.5 Å². The predicted molar refractivity (Wildman–Crippen MR) is 62.0 cm³/mol. The number of hydrogen-bond acceptors (Lipinski definition) is 3. The maximum atomic E-state index is 5.99. The molecule has 0 amide bonds. The Morgan fingerprint density at radius 2 is 2.40 bits per heavy atom. The van der Waals surface area contributed by atoms with E-state index in [2.05, 4.69) is 23.1 Å². The van der Waals surface area contributed by atoms with E-state index >= 15 is 0 Å². The Morgan fingerprint density at radius 3 is 3.07 bits per heavy atom. The zero-order valence-electron chi connectivity index (χ0n) is 9.61. The molecular weight excluding hydrogens is 188 g/mol. The number of nitrogens with two attached hydrogens (primary N) is 1. The zero-order chi connectivity index (χ0) is 10.8. The minimum absolute atomic E-state index is 0.323. The van der Waals surface area contributed by atoms with Crippen LogP contribution < -0.4 is 10.6 Å². The summed E-state index contributed by atoms with van der Waals surface area (Å²) in [7, 11) is 1.98. The lowest BCUT2D eigenvalue weighted by Crippen LogP contribution is -2.43. The Balaban J connectivity index is 2.19. The van der Waals surface area contributed by atoms with Gasteiger partial charge in [0.15, 0.2) is 0 Å². The molecule has 1 atom stereocenters. The van der Waals surface area contributed by atoms with Crippen molar-refractivity contribution in [3.63, 3.8) is 0 Å². The topological polar surface area (TPSA) is 47.1 Å². The van der Waals surface area contributed by atoms with Gasteiger partial charge in [0, 0.05) is 32.4 Å². The minimum atomic E-state index is 0.323. The first-order valence-corrected chi connectivity index (χ1v) is 5.73. The lowest BCUT2D eigenvalue weighted by atomic mass is 10.1. The summed E-state index contributed by atoms with van der Waals surface area (Å²) in [6, 6.07) is 0.323. The van der Waals surface area contributed by atoms with Crippen LogP contribution in [0.3, 0.4) is 0 Å². The first-order valence-electron chi connectivity index (χ1n) is 5.73. The van der Waals surface area contributed by atoms with Gasteiger partial charge in [-0.2, -0.15) is 5.10 Å². The maximum Gasteiger partial charge on any atom is 0.0855 e. The summed E-state index contributed by atoms with van der Waals surface area (Å²) in [6.07, 6.45) is 5.44. The third kappa shape index (κ3) is 2.15. The molecule has 84 valence electrons. The van der Waals surface area contributed by atoms with Gasteiger partial charge in [-0.1, -0.05) is 6.92 Å². The number of aromatic nitrogens is 2. The third-order valence-corrected chi connectivity index (χ3v) is 3.02. The van der Waals surface area contributed by atoms with E-state index in [1.165, 1.54) is 17.8 Å². The molecule has 0 aromatic carbocycles. The van der Waals surface area contributed by atoms with Gasteiger partial charge in [0.05, 0.1) is 11.4 Å². The van der Waals surface area contributed by atoms with E-state index < -0.39 is 0 Å². The van der Waals surface area contributed by atoms with Gasteiger partial charge in [0.1, 0.15) is 0 Å². The molecular formula is C11H20N4. The number of hydrogen-bond donors (Lipinski definition) is 1. The summed E-state index contributed by atoms with van der Waals surface area (Å²) in [6.45, 7) is 4.24. The van der Waals surface area contributed by atoms with Gasteiger partial charge in [-0.15, -0.1) is 0 Å². The van der Waals surface area contributed by atoms with E-state index in [-0.39, 0.29) is 0 Å². The smallest absolute Gasteiger partial charge is 0.0855 e. The fraction of sp³-hybridized carbons (Fsp3) is 0.727. The van der Waals surface area contributed by atoms with Crippen molar-refractivity contribution in [2.24, 2.45) is 12.8 Å². The lowest BCUT2D eigenvalue weighted by molar-refractivity contribution is 0.505. The van der Waals surface area contributed by atoms with E-state index in [4.69, 9.17) is 5.73 Å². The highest BCUT2D eigenvalue weighted by Gasteiger charge is 2.20. The molecule has 1 aliphatic rings. The Hall–Kier alpha value is -1.03. The highest BCUT2D eigenvalue weighted by molar-refractivity contribution is 5.50. The van der Waals surface area contributed by atoms with Crippen LogP contribution in [0.2, 0.25) is 0 Å². The van der Waals surface area contributed by atoms with Crippen LogP contribution in [0, 0.1) is 0 Å². The van der Waals surface area contributed by atoms with Crippen LogP contribution in [0.5, 0.6) is 0 Å². The van der Waals surface area contributed by atoms with Gasteiger partial charge in [-0.3, -0.25) is 4.68 Å². The van der Waals surface area contributed by atoms with E-state index in [9.17, 15) is 0 Å². The van der Waals surface area contributed by atoms with Crippen molar-refractivity contribution in [3.8, 4) is 0 Å². The summed E-state index contributed by atoms with van der Waals surface area (Å²) in [5.41, 5.74) is 8.45. The first kappa shape index (κ1) is 10.5. The predicted octanol–water partition coefficient (Wildman–Crippen LogP) is 0.910. The van der Waals surface area contributed by atoms with Crippen LogP contribution in [0.4, 0.5) is 5.69 Å². The fourth-order valence-electron chi connectivity index (χ4n) is 2.27. The van der Waals surface area contributed by atoms with Crippen molar-refractivity contribution in [1.82, 2.24) is 9.78 Å². The van der Waals surface area contributed by atoms with Crippen molar-refractivity contribution < 1.29 is 0 Å². The number of anilines is 1. The molecule has 2 rings (SSSR count). The van der Waals surface area contributed by atoms with Crippen LogP contribution in [-0.4, -0.2) is 28.9 Å². The highest BCUT2D eigenvalue weighted by Crippen LogP contribution is 2.23. The molecule has 2 N–H and O–H groups in total. The van der Waals surface area contributed by atoms with Crippen molar-refractivity contribution >= 4 is 5.69 Å². The average Bonchev–Trinajstić information content (AvgIpc) is 2.59. The standard InChI is InChI=1S/C11H20N4/c1-3-10-11(8-14(2)13-10)15-6-4-5-9(12)7-15/h8-9H,3-7,12H2,1-2H3. The van der Waals surface area contributed by atoms with E-state index in [0.717, 1.165) is 25.9 Å². The first-order chi connectivity index (χ1) is 7.20. The molecule has 2 heterocycles. The number of nitrogens with zero attached hydrogens (tertiary/aromatic N) is 3. The normalized spacial score (nSPS) is 22.1. The summed E-state index contributed by atoms with van der Waals surface area (Å²) >= 11 is 0. The molecule has 4 nitrogen and oxygen atoms in total. The fourth-order valence-corrected chi connectivity index (χ4v) is 2.27. The molecule has 0 radical (unpaired) electrons. The molecule has 0 spiro atoms. The quantitative estimate of drug-likeness (QED) is 0.786. The average molecular weight is 208 g/mol. The van der Waals surface area contributed by atoms with E-state index in [1.54, 1.807) is 0 Å². The molecule has 4 heteroatoms. The van der Waals surface area contributed by atoms with Crippen LogP contribution >= 0.6 is 0 Å². The number of aryl methyl sites for hydroxylation is 2. The highest BCUT2D eigenvalue weighted by atomic mass is 15.3. The van der Waals surface area contributed by atoms with Gasteiger partial charge in [-0.25, -0.2) is 0 Å². The van der Waals surface area contributed by atoms with Gasteiger partial charge in [-0.05, 0) is 19.3 Å². The second kappa shape index (κ2) is 4.23. The van der Waals surface area contributed by atoms with Crippen molar-refractivity contribution in [2.75, 3.05) is 18.0 Å². The Bertz CT molecular complexity index is 331. The third-order valence-electron chi connectivity index (χ3n) is 3.02. The molecule has 1 aliphatic heterocycles. The molecule has 1 aromatic heterocycles. The van der Waals surface area contributed by atoms with Crippen molar-refractivity contribution in [2.45, 2.75) is 32.2 Å². The summed E-state index contributed by atoms with van der Waals surface area (Å²) in [5, 5.41) is 4.46. The lowest BCUT2D eigenvalue weighted by Gasteiger charge is -2.32. The van der Waals surface area contributed by atoms with Gasteiger partial charge in [0.2, 0.25) is 0 Å². The Labute approximate surface area is 91.1 Å². The maximum absolute atomic E-state index is 5.99. The van der Waals surface area contributed by atoms with Crippen molar-refractivity contribution in [1.29, 1.82) is 0 Å². The van der Waals surface area contributed by atoms with Crippen LogP contribution in [-0.2, 0) is 13.5 Å². The molecule has 1 saturated heterocycles. The summed E-state index contributed by atoms with van der Waals surface area (Å²) in [5.74, 6) is 0. The summed E-state index contributed by atoms with van der Waals surface area (Å²) < 4.78 is 1.90. The van der Waals surface area contributed by atoms with E-state index in [0.29, 0.717) is 6.04 Å². The van der Waals surface area contributed by atoms with Gasteiger partial charge < -0.3 is 10.6 Å². The molecule has 0 aliphatic carbocycles. The number of rotatable bonds is 2. The second-order valence-electron chi connectivity index (χ2n) is 4.34. The number of piperidine rings is 1. The Morgan fingerprint density at radius 1 is 1.60 bits per heavy atom. The molecule has 0 saturated carbocycles. The van der Waals surface area contributed by atoms with E-state index in [1.807, 2.05) is 11.7 Å². The van der Waals surface area contributed by atoms with Gasteiger partial charge in [0.25, 0.3) is 0 Å². The summed E-state index contributed by atoms with van der Waals surface area (Å²) in [4.78, 5) is 2.38. The molecule has 1 fully saturated rings. The van der Waals surface area contributed by atoms with Crippen LogP contribution in [0.15, 0.2) is 6.20 Å². The monoisotopic (exact) mass is 208 g/mol. The second-order valence-corrected chi connectivity index (χ2v) is 4.34. The largest absolute Gasteiger partial charge is 0.367 e. The van der Waals surface area contributed by atoms with Crippen LogP contribution in [0.25, 0.3) is 0 Å². The molecule has 15 heavy (non-hydrogen) atoms. The minimum Gasteiger partial charge on any atom is -0.367 e. The molecule has 0 bridgehead atoms.